The van der Waals surface area contributed by atoms with Crippen LogP contribution in [0, 0.1) is 6.92 Å². The topological polar surface area (TPSA) is 68.5 Å². The van der Waals surface area contributed by atoms with Crippen LogP contribution in [0.2, 0.25) is 0 Å². The van der Waals surface area contributed by atoms with Gasteiger partial charge in [-0.1, -0.05) is 0 Å². The molecule has 5 nitrogen and oxygen atoms in total. The van der Waals surface area contributed by atoms with Crippen molar-refractivity contribution in [2.75, 3.05) is 0 Å². The van der Waals surface area contributed by atoms with E-state index < -0.39 is 11.6 Å². The Hall–Kier alpha value is -2.04. The summed E-state index contributed by atoms with van der Waals surface area (Å²) in [6.45, 7) is 5.14. The van der Waals surface area contributed by atoms with Gasteiger partial charge in [0.25, 0.3) is 5.56 Å². The molecule has 0 bridgehead atoms. The molecule has 0 aromatic carbocycles. The summed E-state index contributed by atoms with van der Waals surface area (Å²) in [5, 5.41) is 8.79. The van der Waals surface area contributed by atoms with Gasteiger partial charge in [0, 0.05) is 11.8 Å². The van der Waals surface area contributed by atoms with Crippen molar-refractivity contribution in [3.8, 4) is 5.75 Å². The molecule has 2 rings (SSSR count). The van der Waals surface area contributed by atoms with Crippen molar-refractivity contribution in [3.05, 3.63) is 33.8 Å². The van der Waals surface area contributed by atoms with Crippen LogP contribution in [0.1, 0.15) is 25.1 Å². The van der Waals surface area contributed by atoms with Gasteiger partial charge in [-0.2, -0.15) is 0 Å². The minimum absolute atomic E-state index is 0.334. The van der Waals surface area contributed by atoms with Crippen LogP contribution in [0.3, 0.4) is 0 Å². The van der Waals surface area contributed by atoms with E-state index in [1.807, 2.05) is 13.8 Å². The summed E-state index contributed by atoms with van der Waals surface area (Å²) in [6, 6.07) is 1.70. The number of aliphatic carboxylic acids is 1. The van der Waals surface area contributed by atoms with Gasteiger partial charge >= 0.3 is 5.97 Å². The summed E-state index contributed by atoms with van der Waals surface area (Å²) in [4.78, 5) is 22.9. The first kappa shape index (κ1) is 12.4. The highest BCUT2D eigenvalue weighted by Gasteiger charge is 2.24. The molecule has 0 saturated heterocycles. The zero-order valence-corrected chi connectivity index (χ0v) is 10.6. The fourth-order valence-corrected chi connectivity index (χ4v) is 1.93. The predicted octanol–water partition coefficient (Wildman–Crippen LogP) is 1.43. The van der Waals surface area contributed by atoms with Crippen LogP contribution in [-0.4, -0.2) is 21.2 Å². The second-order valence-electron chi connectivity index (χ2n) is 4.89. The van der Waals surface area contributed by atoms with Crippen molar-refractivity contribution in [2.24, 2.45) is 0 Å². The van der Waals surface area contributed by atoms with E-state index in [9.17, 15) is 9.59 Å². The van der Waals surface area contributed by atoms with Crippen LogP contribution < -0.4 is 10.3 Å². The number of carbonyl (C=O) groups is 1. The first-order valence-corrected chi connectivity index (χ1v) is 5.65. The first-order valence-electron chi connectivity index (χ1n) is 5.65. The third kappa shape index (κ3) is 2.16. The number of ether oxygens (including phenoxy) is 1. The number of aromatic nitrogens is 1. The molecular formula is C13H15NO4. The number of hydrogen-bond donors (Lipinski definition) is 1. The maximum absolute atomic E-state index is 12.1. The summed E-state index contributed by atoms with van der Waals surface area (Å²) in [6.07, 6.45) is 3.48. The first-order chi connectivity index (χ1) is 8.30. The lowest BCUT2D eigenvalue weighted by Crippen LogP contribution is -2.33. The standard InChI is InChI=1S/C13H15NO4/c1-8-6-10-9(4-5-13(2,3)18-10)12(17)14(8)7-11(15)16/h4-6H,7H2,1-3H3,(H,15,16). The molecule has 0 unspecified atom stereocenters. The summed E-state index contributed by atoms with van der Waals surface area (Å²) >= 11 is 0. The zero-order valence-electron chi connectivity index (χ0n) is 10.6. The van der Waals surface area contributed by atoms with Gasteiger partial charge in [-0.3, -0.25) is 9.59 Å². The highest BCUT2D eigenvalue weighted by atomic mass is 16.5. The number of hydrogen-bond acceptors (Lipinski definition) is 3. The number of carboxylic acid groups (broad SMARTS) is 1. The summed E-state index contributed by atoms with van der Waals surface area (Å²) in [5.74, 6) is -0.534. The molecule has 18 heavy (non-hydrogen) atoms. The molecule has 0 saturated carbocycles. The molecule has 1 aliphatic heterocycles. The Balaban J connectivity index is 2.58. The molecule has 2 heterocycles. The third-order valence-electron chi connectivity index (χ3n) is 2.82. The highest BCUT2D eigenvalue weighted by molar-refractivity contribution is 5.67. The Morgan fingerprint density at radius 1 is 1.50 bits per heavy atom. The van der Waals surface area contributed by atoms with E-state index in [0.29, 0.717) is 17.0 Å². The molecule has 1 aromatic heterocycles. The lowest BCUT2D eigenvalue weighted by molar-refractivity contribution is -0.137. The summed E-state index contributed by atoms with van der Waals surface area (Å²) < 4.78 is 6.92. The van der Waals surface area contributed by atoms with E-state index in [4.69, 9.17) is 9.84 Å². The second-order valence-corrected chi connectivity index (χ2v) is 4.89. The quantitative estimate of drug-likeness (QED) is 0.860. The molecule has 0 radical (unpaired) electrons. The maximum Gasteiger partial charge on any atom is 0.323 e. The van der Waals surface area contributed by atoms with Crippen LogP contribution >= 0.6 is 0 Å². The number of rotatable bonds is 2. The van der Waals surface area contributed by atoms with Gasteiger partial charge in [0.05, 0.1) is 5.56 Å². The molecular weight excluding hydrogens is 234 g/mol. The number of aryl methyl sites for hydroxylation is 1. The lowest BCUT2D eigenvalue weighted by Gasteiger charge is -2.28. The Morgan fingerprint density at radius 2 is 2.17 bits per heavy atom. The van der Waals surface area contributed by atoms with Crippen LogP contribution in [0.15, 0.2) is 16.9 Å². The van der Waals surface area contributed by atoms with E-state index in [-0.39, 0.29) is 12.1 Å². The lowest BCUT2D eigenvalue weighted by atomic mass is 10.0. The molecule has 0 aliphatic carbocycles. The average molecular weight is 249 g/mol. The van der Waals surface area contributed by atoms with Crippen molar-refractivity contribution >= 4 is 12.0 Å². The second kappa shape index (κ2) is 4.01. The van der Waals surface area contributed by atoms with Crippen molar-refractivity contribution in [1.82, 2.24) is 4.57 Å². The number of fused-ring (bicyclic) bond motifs is 1. The Bertz CT molecular complexity index is 596. The Labute approximate surface area is 104 Å². The number of nitrogens with zero attached hydrogens (tertiary/aromatic N) is 1. The SMILES string of the molecule is Cc1cc2c(c(=O)n1CC(=O)O)C=CC(C)(C)O2. The number of carboxylic acids is 1. The molecule has 96 valence electrons. The monoisotopic (exact) mass is 249 g/mol. The van der Waals surface area contributed by atoms with Crippen LogP contribution in [0.4, 0.5) is 0 Å². The van der Waals surface area contributed by atoms with Crippen molar-refractivity contribution in [1.29, 1.82) is 0 Å². The molecule has 1 N–H and O–H groups in total. The van der Waals surface area contributed by atoms with Gasteiger partial charge in [0.15, 0.2) is 0 Å². The van der Waals surface area contributed by atoms with Gasteiger partial charge < -0.3 is 14.4 Å². The Morgan fingerprint density at radius 3 is 2.78 bits per heavy atom. The fraction of sp³-hybridized carbons (Fsp3) is 0.385. The average Bonchev–Trinajstić information content (AvgIpc) is 2.22. The van der Waals surface area contributed by atoms with Gasteiger partial charge in [0.2, 0.25) is 0 Å². The molecule has 0 fully saturated rings. The largest absolute Gasteiger partial charge is 0.483 e. The van der Waals surface area contributed by atoms with Crippen LogP contribution in [0.25, 0.3) is 6.08 Å². The van der Waals surface area contributed by atoms with Crippen LogP contribution in [-0.2, 0) is 11.3 Å². The maximum atomic E-state index is 12.1. The van der Waals surface area contributed by atoms with Gasteiger partial charge in [0.1, 0.15) is 17.9 Å². The minimum atomic E-state index is -1.04. The predicted molar refractivity (Wildman–Crippen MR) is 66.8 cm³/mol. The van der Waals surface area contributed by atoms with Crippen molar-refractivity contribution in [2.45, 2.75) is 32.9 Å². The Kier molecular flexibility index (Phi) is 2.77. The van der Waals surface area contributed by atoms with Crippen molar-refractivity contribution < 1.29 is 14.6 Å². The normalized spacial score (nSPS) is 15.9. The fourth-order valence-electron chi connectivity index (χ4n) is 1.93. The summed E-state index contributed by atoms with van der Waals surface area (Å²) in [5.41, 5.74) is 0.192. The van der Waals surface area contributed by atoms with E-state index in [1.165, 1.54) is 4.57 Å². The zero-order chi connectivity index (χ0) is 13.5. The highest BCUT2D eigenvalue weighted by Crippen LogP contribution is 2.29. The van der Waals surface area contributed by atoms with E-state index >= 15 is 0 Å². The molecule has 1 aliphatic rings. The van der Waals surface area contributed by atoms with Gasteiger partial charge in [-0.25, -0.2) is 0 Å². The van der Waals surface area contributed by atoms with Crippen LogP contribution in [0.5, 0.6) is 5.75 Å². The third-order valence-corrected chi connectivity index (χ3v) is 2.82. The molecule has 0 spiro atoms. The minimum Gasteiger partial charge on any atom is -0.483 e. The van der Waals surface area contributed by atoms with E-state index in [0.717, 1.165) is 0 Å². The molecule has 0 atom stereocenters. The molecule has 0 amide bonds. The molecule has 5 heteroatoms. The summed E-state index contributed by atoms with van der Waals surface area (Å²) in [7, 11) is 0. The smallest absolute Gasteiger partial charge is 0.323 e. The number of pyridine rings is 1. The van der Waals surface area contributed by atoms with Gasteiger partial charge in [-0.05, 0) is 32.9 Å². The molecule has 1 aromatic rings. The van der Waals surface area contributed by atoms with Crippen molar-refractivity contribution in [3.63, 3.8) is 0 Å². The van der Waals surface area contributed by atoms with E-state index in [1.54, 1.807) is 25.1 Å². The van der Waals surface area contributed by atoms with Gasteiger partial charge in [-0.15, -0.1) is 0 Å². The van der Waals surface area contributed by atoms with E-state index in [2.05, 4.69) is 0 Å².